The number of methoxy groups -OCH3 is 2. The summed E-state index contributed by atoms with van der Waals surface area (Å²) in [7, 11) is 3.25. The molecule has 0 bridgehead atoms. The number of benzene rings is 5. The number of ether oxygens (including phenoxy) is 6. The summed E-state index contributed by atoms with van der Waals surface area (Å²) in [5.74, 6) is -0.389. The number of nitrogens with zero attached hydrogens (tertiary/aromatic N) is 2. The number of hydrogen-bond acceptors (Lipinski definition) is 16. The van der Waals surface area contributed by atoms with E-state index in [1.54, 1.807) is 43.4 Å². The molecule has 0 unspecified atom stereocenters. The Kier molecular flexibility index (Phi) is 19.7. The van der Waals surface area contributed by atoms with Crippen LogP contribution in [-0.2, 0) is 69.0 Å². The van der Waals surface area contributed by atoms with E-state index in [1.165, 1.54) is 23.7 Å². The van der Waals surface area contributed by atoms with Crippen molar-refractivity contribution in [2.45, 2.75) is 77.4 Å². The van der Waals surface area contributed by atoms with E-state index in [9.17, 15) is 33.9 Å². The second kappa shape index (κ2) is 26.1. The normalized spacial score (nSPS) is 19.4. The number of aliphatic hydroxyl groups excluding tert-OH is 1. The van der Waals surface area contributed by atoms with Crippen molar-refractivity contribution in [2.75, 3.05) is 38.8 Å². The van der Waals surface area contributed by atoms with Crippen LogP contribution in [0, 0.1) is 3.57 Å². The molecule has 0 spiro atoms. The number of carbonyl (C=O) groups excluding carboxylic acids is 6. The van der Waals surface area contributed by atoms with Crippen molar-refractivity contribution in [3.8, 4) is 11.5 Å². The van der Waals surface area contributed by atoms with Crippen molar-refractivity contribution >= 4 is 54.7 Å². The molecule has 0 saturated carbocycles. The summed E-state index contributed by atoms with van der Waals surface area (Å²) in [5.41, 5.74) is 4.13. The molecule has 2 saturated heterocycles. The largest absolute Gasteiger partial charge is 0.497 e. The fourth-order valence-electron chi connectivity index (χ4n) is 8.03. The molecule has 19 heteroatoms. The summed E-state index contributed by atoms with van der Waals surface area (Å²) in [6, 6.07) is 39.9. The second-order valence-corrected chi connectivity index (χ2v) is 25.6. The van der Waals surface area contributed by atoms with Gasteiger partial charge in [0.15, 0.2) is 0 Å². The number of aldehydes is 1. The zero-order chi connectivity index (χ0) is 52.4. The van der Waals surface area contributed by atoms with Gasteiger partial charge in [0.25, 0.3) is 0 Å². The third kappa shape index (κ3) is 15.2. The Morgan fingerprint density at radius 3 is 1.52 bits per heavy atom. The Morgan fingerprint density at radius 1 is 0.616 bits per heavy atom. The van der Waals surface area contributed by atoms with Gasteiger partial charge in [-0.15, -0.1) is 0 Å². The van der Waals surface area contributed by atoms with Gasteiger partial charge in [0.1, 0.15) is 31.0 Å². The molecule has 73 heavy (non-hydrogen) atoms. The molecule has 1 N–H and O–H groups in total. The molecule has 3 heterocycles. The van der Waals surface area contributed by atoms with Gasteiger partial charge >= 0.3 is 124 Å². The SMILES string of the molecule is CC(=O)OI1(C)(OC(C)=O)OC(=O)c2ccccc21.COc1ccc(CO[C@@H]2C[C@@H](C=O)N(C(=O)OCc3ccccc3)C2)cc1.COc1ccc(CO[C@@H]2C[C@@H](CO)N(C(=O)OCc3ccccc3)C2)cc1. The fraction of sp³-hybridized carbons (Fsp3) is 0.333. The molecule has 3 aliphatic heterocycles. The minimum atomic E-state index is -5.01. The predicted octanol–water partition coefficient (Wildman–Crippen LogP) is 8.28. The third-order valence-corrected chi connectivity index (χ3v) is 19.8. The Hall–Kier alpha value is -7.07. The van der Waals surface area contributed by atoms with E-state index >= 15 is 0 Å². The number of aliphatic hydroxyl groups is 1. The van der Waals surface area contributed by atoms with Crippen LogP contribution in [0.1, 0.15) is 59.3 Å². The zero-order valence-electron chi connectivity index (χ0n) is 41.3. The Labute approximate surface area is 426 Å². The maximum atomic E-state index is 12.4. The maximum Gasteiger partial charge on any atom is 0.410 e. The van der Waals surface area contributed by atoms with E-state index in [1.807, 2.05) is 109 Å². The summed E-state index contributed by atoms with van der Waals surface area (Å²) in [4.78, 5) is 75.1. The standard InChI is InChI=1S/C21H25NO5.C21H23NO5.C12H13IO6/c2*1-25-19-9-7-17(8-10-19)14-26-20-11-18(13-23)22(12-20)21(24)27-15-16-5-3-2-4-6-16;1-8(14)17-13(3,18-9(2)15)11-7-5-4-6-10(11)12(16)19-13/h2-10,18,20,23H,11-15H2,1H3;2-10,13,18,20H,11-12,14-15H2,1H3;4-7H,1-3H3/t2*18-,20+;/m00./s1. The van der Waals surface area contributed by atoms with Crippen LogP contribution in [0.3, 0.4) is 0 Å². The molecule has 2 amide bonds. The minimum Gasteiger partial charge on any atom is -0.497 e. The van der Waals surface area contributed by atoms with Crippen molar-refractivity contribution in [3.05, 3.63) is 165 Å². The van der Waals surface area contributed by atoms with Crippen LogP contribution in [0.5, 0.6) is 11.5 Å². The van der Waals surface area contributed by atoms with E-state index in [0.29, 0.717) is 42.7 Å². The first kappa shape index (κ1) is 55.2. The van der Waals surface area contributed by atoms with Crippen molar-refractivity contribution < 1.29 is 71.5 Å². The zero-order valence-corrected chi connectivity index (χ0v) is 43.5. The Bertz CT molecular complexity index is 2610. The Morgan fingerprint density at radius 2 is 1.05 bits per heavy atom. The maximum absolute atomic E-state index is 12.4. The topological polar surface area (TPSA) is 212 Å². The molecule has 8 rings (SSSR count). The first-order valence-electron chi connectivity index (χ1n) is 23.2. The molecule has 390 valence electrons. The number of carbonyl (C=O) groups is 6. The molecular weight excluding hydrogens is 1060 g/mol. The van der Waals surface area contributed by atoms with Crippen LogP contribution in [0.15, 0.2) is 133 Å². The third-order valence-electron chi connectivity index (χ3n) is 11.6. The van der Waals surface area contributed by atoms with Gasteiger partial charge in [0.05, 0.1) is 71.4 Å². The average Bonchev–Trinajstić information content (AvgIpc) is 4.09. The van der Waals surface area contributed by atoms with E-state index in [0.717, 1.165) is 40.0 Å². The molecule has 0 radical (unpaired) electrons. The summed E-state index contributed by atoms with van der Waals surface area (Å²) in [6.45, 7) is 4.24. The van der Waals surface area contributed by atoms with E-state index < -0.39 is 54.4 Å². The molecule has 0 aliphatic carbocycles. The summed E-state index contributed by atoms with van der Waals surface area (Å²) in [5, 5.41) is 9.61. The number of amides is 2. The second-order valence-electron chi connectivity index (χ2n) is 17.0. The van der Waals surface area contributed by atoms with E-state index in [2.05, 4.69) is 0 Å². The number of likely N-dealkylation sites (tertiary alicyclic amines) is 2. The van der Waals surface area contributed by atoms with Crippen LogP contribution in [0.2, 0.25) is 0 Å². The predicted molar refractivity (Wildman–Crippen MR) is 274 cm³/mol. The van der Waals surface area contributed by atoms with Crippen LogP contribution in [0.25, 0.3) is 0 Å². The number of alkyl halides is 1. The van der Waals surface area contributed by atoms with Gasteiger partial charge in [-0.3, -0.25) is 4.90 Å². The smallest absolute Gasteiger partial charge is 0.410 e. The van der Waals surface area contributed by atoms with Crippen LogP contribution < -0.4 is 9.47 Å². The van der Waals surface area contributed by atoms with Crippen LogP contribution in [-0.4, -0.2) is 114 Å². The summed E-state index contributed by atoms with van der Waals surface area (Å²) < 4.78 is 49.0. The van der Waals surface area contributed by atoms with Gasteiger partial charge < -0.3 is 43.2 Å². The number of hydrogen-bond donors (Lipinski definition) is 1. The first-order valence-corrected chi connectivity index (χ1v) is 29.1. The first-order chi connectivity index (χ1) is 35.1. The molecule has 18 nitrogen and oxygen atoms in total. The molecule has 0 aromatic heterocycles. The fourth-order valence-corrected chi connectivity index (χ4v) is 15.7. The molecular formula is C54H61IN2O16. The van der Waals surface area contributed by atoms with Gasteiger partial charge in [-0.05, 0) is 52.9 Å². The number of rotatable bonds is 16. The van der Waals surface area contributed by atoms with Crippen molar-refractivity contribution in [1.82, 2.24) is 9.80 Å². The van der Waals surface area contributed by atoms with Crippen molar-refractivity contribution in [3.63, 3.8) is 0 Å². The van der Waals surface area contributed by atoms with E-state index in [-0.39, 0.29) is 43.6 Å². The minimum absolute atomic E-state index is 0.108. The number of halogens is 1. The van der Waals surface area contributed by atoms with Crippen molar-refractivity contribution in [2.24, 2.45) is 0 Å². The van der Waals surface area contributed by atoms with Crippen LogP contribution in [0.4, 0.5) is 9.59 Å². The number of fused-ring (bicyclic) bond motifs is 1. The van der Waals surface area contributed by atoms with Crippen molar-refractivity contribution in [1.29, 1.82) is 0 Å². The monoisotopic (exact) mass is 1120 g/mol. The van der Waals surface area contributed by atoms with Gasteiger partial charge in [-0.1, -0.05) is 84.9 Å². The average molecular weight is 1120 g/mol. The van der Waals surface area contributed by atoms with Gasteiger partial charge in [0, 0.05) is 6.42 Å². The summed E-state index contributed by atoms with van der Waals surface area (Å²) >= 11 is -5.01. The summed E-state index contributed by atoms with van der Waals surface area (Å²) in [6.07, 6.45) is 0.591. The van der Waals surface area contributed by atoms with Gasteiger partial charge in [-0.25, -0.2) is 9.59 Å². The van der Waals surface area contributed by atoms with Gasteiger partial charge in [-0.2, -0.15) is 0 Å². The van der Waals surface area contributed by atoms with E-state index in [4.69, 9.17) is 37.6 Å². The molecule has 2 fully saturated rings. The molecule has 5 aromatic carbocycles. The molecule has 5 aromatic rings. The van der Waals surface area contributed by atoms with Crippen LogP contribution >= 0.6 is 18.3 Å². The van der Waals surface area contributed by atoms with Gasteiger partial charge in [0.2, 0.25) is 0 Å². The molecule has 4 atom stereocenters. The quantitative estimate of drug-likeness (QED) is 0.0559. The Balaban J connectivity index is 0.000000182. The molecule has 3 aliphatic rings.